The molecule has 0 saturated heterocycles. The fourth-order valence-corrected chi connectivity index (χ4v) is 1.96. The third kappa shape index (κ3) is 2.15. The summed E-state index contributed by atoms with van der Waals surface area (Å²) in [6.45, 7) is 0. The van der Waals surface area contributed by atoms with Gasteiger partial charge in [0.25, 0.3) is 5.56 Å². The monoisotopic (exact) mass is 272 g/mol. The first kappa shape index (κ1) is 11.7. The molecule has 5 nitrogen and oxygen atoms in total. The third-order valence-corrected chi connectivity index (χ3v) is 3.05. The Hall–Kier alpha value is -2.40. The quantitative estimate of drug-likeness (QED) is 0.752. The summed E-state index contributed by atoms with van der Waals surface area (Å²) in [5.41, 5.74) is 1.27. The molecule has 1 aromatic carbocycles. The van der Waals surface area contributed by atoms with Gasteiger partial charge in [0.15, 0.2) is 5.82 Å². The number of benzene rings is 1. The predicted octanol–water partition coefficient (Wildman–Crippen LogP) is 2.72. The van der Waals surface area contributed by atoms with Crippen LogP contribution in [0.4, 0.5) is 11.5 Å². The zero-order chi connectivity index (χ0) is 13.2. The number of halogens is 1. The number of pyridine rings is 1. The van der Waals surface area contributed by atoms with Crippen molar-refractivity contribution in [2.75, 3.05) is 5.32 Å². The number of rotatable bonds is 2. The maximum absolute atomic E-state index is 11.4. The Kier molecular flexibility index (Phi) is 2.89. The number of hydrogen-bond donors (Lipinski definition) is 2. The van der Waals surface area contributed by atoms with Gasteiger partial charge < -0.3 is 10.3 Å². The van der Waals surface area contributed by atoms with Crippen LogP contribution in [0.25, 0.3) is 10.9 Å². The number of aromatic nitrogens is 3. The molecule has 0 unspecified atom stereocenters. The molecule has 0 amide bonds. The van der Waals surface area contributed by atoms with Gasteiger partial charge in [-0.3, -0.25) is 9.78 Å². The van der Waals surface area contributed by atoms with Crippen LogP contribution >= 0.6 is 11.6 Å². The lowest BCUT2D eigenvalue weighted by Crippen LogP contribution is -2.09. The molecule has 6 heteroatoms. The van der Waals surface area contributed by atoms with Crippen LogP contribution in [0.15, 0.2) is 47.7 Å². The van der Waals surface area contributed by atoms with Crippen molar-refractivity contribution in [2.24, 2.45) is 0 Å². The third-order valence-electron chi connectivity index (χ3n) is 2.70. The molecule has 3 rings (SSSR count). The average molecular weight is 273 g/mol. The molecule has 19 heavy (non-hydrogen) atoms. The summed E-state index contributed by atoms with van der Waals surface area (Å²) in [7, 11) is 0. The van der Waals surface area contributed by atoms with Gasteiger partial charge in [0.1, 0.15) is 5.02 Å². The first-order valence-corrected chi connectivity index (χ1v) is 5.97. The molecular weight excluding hydrogens is 264 g/mol. The van der Waals surface area contributed by atoms with Crippen LogP contribution in [0.1, 0.15) is 0 Å². The topological polar surface area (TPSA) is 70.7 Å². The van der Waals surface area contributed by atoms with E-state index in [1.165, 1.54) is 6.33 Å². The fourth-order valence-electron chi connectivity index (χ4n) is 1.81. The lowest BCUT2D eigenvalue weighted by atomic mass is 10.2. The summed E-state index contributed by atoms with van der Waals surface area (Å²) in [6, 6.07) is 9.45. The van der Waals surface area contributed by atoms with Crippen LogP contribution in [0.2, 0.25) is 5.02 Å². The van der Waals surface area contributed by atoms with Crippen LogP contribution in [0.3, 0.4) is 0 Å². The van der Waals surface area contributed by atoms with Crippen LogP contribution in [-0.4, -0.2) is 15.0 Å². The summed E-state index contributed by atoms with van der Waals surface area (Å²) in [4.78, 5) is 22.1. The van der Waals surface area contributed by atoms with E-state index < -0.39 is 0 Å². The van der Waals surface area contributed by atoms with E-state index in [4.69, 9.17) is 11.6 Å². The van der Waals surface area contributed by atoms with E-state index in [1.807, 2.05) is 30.3 Å². The van der Waals surface area contributed by atoms with Crippen LogP contribution in [-0.2, 0) is 0 Å². The lowest BCUT2D eigenvalue weighted by Gasteiger charge is -2.09. The average Bonchev–Trinajstić information content (AvgIpc) is 2.44. The maximum Gasteiger partial charge on any atom is 0.271 e. The molecule has 0 aliphatic carbocycles. The maximum atomic E-state index is 11.4. The Balaban J connectivity index is 2.11. The standard InChI is InChI=1S/C13H9ClN4O/c14-11-12(16-7-17-13(11)19)18-10-5-1-4-9-8(10)3-2-6-15-9/h1-7H,(H2,16,17,18,19). The van der Waals surface area contributed by atoms with Gasteiger partial charge in [-0.1, -0.05) is 17.7 Å². The largest absolute Gasteiger partial charge is 0.338 e. The Labute approximate surface area is 113 Å². The van der Waals surface area contributed by atoms with Crippen molar-refractivity contribution in [3.63, 3.8) is 0 Å². The molecule has 2 aromatic heterocycles. The van der Waals surface area contributed by atoms with Crippen LogP contribution in [0.5, 0.6) is 0 Å². The molecule has 0 saturated carbocycles. The van der Waals surface area contributed by atoms with E-state index in [0.29, 0.717) is 5.82 Å². The highest BCUT2D eigenvalue weighted by Crippen LogP contribution is 2.25. The molecule has 94 valence electrons. The predicted molar refractivity (Wildman–Crippen MR) is 74.9 cm³/mol. The SMILES string of the molecule is O=c1[nH]cnc(Nc2cccc3ncccc23)c1Cl. The molecule has 0 spiro atoms. The number of hydrogen-bond acceptors (Lipinski definition) is 4. The number of fused-ring (bicyclic) bond motifs is 1. The Morgan fingerprint density at radius 3 is 2.95 bits per heavy atom. The first-order chi connectivity index (χ1) is 9.25. The molecule has 2 heterocycles. The van der Waals surface area contributed by atoms with E-state index in [-0.39, 0.29) is 10.6 Å². The van der Waals surface area contributed by atoms with Crippen molar-refractivity contribution < 1.29 is 0 Å². The molecule has 3 aromatic rings. The highest BCUT2D eigenvalue weighted by molar-refractivity contribution is 6.32. The normalized spacial score (nSPS) is 10.6. The van der Waals surface area contributed by atoms with E-state index in [2.05, 4.69) is 20.3 Å². The van der Waals surface area contributed by atoms with Crippen molar-refractivity contribution in [3.05, 3.63) is 58.2 Å². The van der Waals surface area contributed by atoms with Gasteiger partial charge in [-0.15, -0.1) is 0 Å². The summed E-state index contributed by atoms with van der Waals surface area (Å²) < 4.78 is 0. The molecule has 0 bridgehead atoms. The van der Waals surface area contributed by atoms with Gasteiger partial charge >= 0.3 is 0 Å². The van der Waals surface area contributed by atoms with Crippen molar-refractivity contribution in [1.82, 2.24) is 15.0 Å². The summed E-state index contributed by atoms with van der Waals surface area (Å²) >= 11 is 5.91. The second-order valence-corrected chi connectivity index (χ2v) is 4.27. The smallest absolute Gasteiger partial charge is 0.271 e. The van der Waals surface area contributed by atoms with Crippen molar-refractivity contribution in [2.45, 2.75) is 0 Å². The van der Waals surface area contributed by atoms with Crippen molar-refractivity contribution >= 4 is 34.0 Å². The molecule has 0 aliphatic heterocycles. The number of anilines is 2. The van der Waals surface area contributed by atoms with Crippen molar-refractivity contribution in [1.29, 1.82) is 0 Å². The minimum Gasteiger partial charge on any atom is -0.338 e. The van der Waals surface area contributed by atoms with Gasteiger partial charge in [0.05, 0.1) is 11.8 Å². The Morgan fingerprint density at radius 1 is 1.16 bits per heavy atom. The fraction of sp³-hybridized carbons (Fsp3) is 0. The van der Waals surface area contributed by atoms with Crippen molar-refractivity contribution in [3.8, 4) is 0 Å². The highest BCUT2D eigenvalue weighted by atomic mass is 35.5. The molecular formula is C13H9ClN4O. The second kappa shape index (κ2) is 4.70. The van der Waals surface area contributed by atoms with Gasteiger partial charge in [-0.05, 0) is 24.3 Å². The number of nitrogens with one attached hydrogen (secondary N) is 2. The first-order valence-electron chi connectivity index (χ1n) is 5.59. The van der Waals surface area contributed by atoms with Gasteiger partial charge in [-0.25, -0.2) is 4.98 Å². The minimum atomic E-state index is -0.377. The van der Waals surface area contributed by atoms with Gasteiger partial charge in [0.2, 0.25) is 0 Å². The Morgan fingerprint density at radius 2 is 2.05 bits per heavy atom. The molecule has 0 atom stereocenters. The minimum absolute atomic E-state index is 0.0309. The van der Waals surface area contributed by atoms with Gasteiger partial charge in [0, 0.05) is 17.3 Å². The number of nitrogens with zero attached hydrogens (tertiary/aromatic N) is 2. The zero-order valence-electron chi connectivity index (χ0n) is 9.72. The zero-order valence-corrected chi connectivity index (χ0v) is 10.5. The summed E-state index contributed by atoms with van der Waals surface area (Å²) in [6.07, 6.45) is 3.03. The molecule has 2 N–H and O–H groups in total. The van der Waals surface area contributed by atoms with E-state index in [0.717, 1.165) is 16.6 Å². The van der Waals surface area contributed by atoms with Crippen LogP contribution in [0, 0.1) is 0 Å². The summed E-state index contributed by atoms with van der Waals surface area (Å²) in [5, 5.41) is 4.02. The number of H-pyrrole nitrogens is 1. The Bertz CT molecular complexity index is 795. The highest BCUT2D eigenvalue weighted by Gasteiger charge is 2.07. The van der Waals surface area contributed by atoms with E-state index in [9.17, 15) is 4.79 Å². The lowest BCUT2D eigenvalue weighted by molar-refractivity contribution is 1.12. The van der Waals surface area contributed by atoms with Gasteiger partial charge in [-0.2, -0.15) is 0 Å². The molecule has 0 radical (unpaired) electrons. The van der Waals surface area contributed by atoms with Crippen LogP contribution < -0.4 is 10.9 Å². The van der Waals surface area contributed by atoms with E-state index in [1.54, 1.807) is 6.20 Å². The molecule has 0 fully saturated rings. The summed E-state index contributed by atoms with van der Waals surface area (Å²) in [5.74, 6) is 0.321. The van der Waals surface area contributed by atoms with E-state index >= 15 is 0 Å². The molecule has 0 aliphatic rings. The number of aromatic amines is 1. The second-order valence-electron chi connectivity index (χ2n) is 3.89.